The fraction of sp³-hybridized carbons (Fsp3) is 0.529. The fourth-order valence-electron chi connectivity index (χ4n) is 3.27. The number of nitrogens with one attached hydrogen (secondary N) is 1. The zero-order chi connectivity index (χ0) is 17.8. The van der Waals surface area contributed by atoms with Crippen molar-refractivity contribution in [3.63, 3.8) is 0 Å². The highest BCUT2D eigenvalue weighted by molar-refractivity contribution is 5.97. The van der Waals surface area contributed by atoms with Crippen molar-refractivity contribution >= 4 is 24.2 Å². The van der Waals surface area contributed by atoms with Crippen molar-refractivity contribution in [2.45, 2.75) is 13.0 Å². The highest BCUT2D eigenvalue weighted by Gasteiger charge is 2.31. The largest absolute Gasteiger partial charge is 0.434 e. The van der Waals surface area contributed by atoms with Crippen LogP contribution in [0.25, 0.3) is 0 Å². The first-order valence-corrected chi connectivity index (χ1v) is 8.39. The van der Waals surface area contributed by atoms with E-state index in [4.69, 9.17) is 0 Å². The number of piperazine rings is 1. The van der Waals surface area contributed by atoms with Gasteiger partial charge in [-0.25, -0.2) is 0 Å². The molecule has 26 heavy (non-hydrogen) atoms. The van der Waals surface area contributed by atoms with Gasteiger partial charge in [-0.15, -0.1) is 12.4 Å². The van der Waals surface area contributed by atoms with E-state index in [1.807, 2.05) is 0 Å². The van der Waals surface area contributed by atoms with Crippen molar-refractivity contribution in [3.8, 4) is 5.75 Å². The van der Waals surface area contributed by atoms with Crippen molar-refractivity contribution < 1.29 is 23.1 Å². The highest BCUT2D eigenvalue weighted by Crippen LogP contribution is 2.23. The van der Waals surface area contributed by atoms with Gasteiger partial charge in [0.2, 0.25) is 5.91 Å². The number of hydrogen-bond donors (Lipinski definition) is 1. The van der Waals surface area contributed by atoms with Crippen LogP contribution in [0.1, 0.15) is 16.8 Å². The SMILES string of the molecule is Cl.O=C(c1ccccc1OC(F)F)N1CCN(C(=O)C2CCNC2)CC1. The first kappa shape index (κ1) is 20.4. The van der Waals surface area contributed by atoms with E-state index in [1.165, 1.54) is 12.1 Å². The van der Waals surface area contributed by atoms with E-state index in [0.29, 0.717) is 32.7 Å². The number of hydrogen-bond acceptors (Lipinski definition) is 4. The molecular weight excluding hydrogens is 368 g/mol. The van der Waals surface area contributed by atoms with Gasteiger partial charge in [0, 0.05) is 32.7 Å². The second-order valence-corrected chi connectivity index (χ2v) is 6.18. The van der Waals surface area contributed by atoms with Gasteiger partial charge < -0.3 is 19.9 Å². The molecule has 0 aliphatic carbocycles. The number of carbonyl (C=O) groups is 2. The lowest BCUT2D eigenvalue weighted by Crippen LogP contribution is -2.52. The third kappa shape index (κ3) is 4.62. The first-order chi connectivity index (χ1) is 12.1. The van der Waals surface area contributed by atoms with Gasteiger partial charge in [-0.2, -0.15) is 8.78 Å². The van der Waals surface area contributed by atoms with Gasteiger partial charge in [-0.05, 0) is 25.1 Å². The Hall–Kier alpha value is -1.93. The Bertz CT molecular complexity index is 633. The molecule has 2 saturated heterocycles. The van der Waals surface area contributed by atoms with Crippen LogP contribution in [0.3, 0.4) is 0 Å². The Labute approximate surface area is 156 Å². The average molecular weight is 390 g/mol. The number of rotatable bonds is 4. The number of benzene rings is 1. The summed E-state index contributed by atoms with van der Waals surface area (Å²) in [6, 6.07) is 5.98. The summed E-state index contributed by atoms with van der Waals surface area (Å²) in [4.78, 5) is 28.4. The summed E-state index contributed by atoms with van der Waals surface area (Å²) in [5.74, 6) is -0.343. The second kappa shape index (κ2) is 9.14. The van der Waals surface area contributed by atoms with Gasteiger partial charge >= 0.3 is 6.61 Å². The number of ether oxygens (including phenoxy) is 1. The molecule has 1 aromatic carbocycles. The molecule has 6 nitrogen and oxygen atoms in total. The van der Waals surface area contributed by atoms with E-state index in [2.05, 4.69) is 10.1 Å². The molecule has 0 aromatic heterocycles. The van der Waals surface area contributed by atoms with Crippen LogP contribution in [-0.2, 0) is 4.79 Å². The summed E-state index contributed by atoms with van der Waals surface area (Å²) < 4.78 is 29.4. The second-order valence-electron chi connectivity index (χ2n) is 6.18. The topological polar surface area (TPSA) is 61.9 Å². The minimum absolute atomic E-state index is 0. The molecule has 0 radical (unpaired) electrons. The predicted octanol–water partition coefficient (Wildman–Crippen LogP) is 1.60. The molecule has 0 spiro atoms. The molecule has 1 unspecified atom stereocenters. The zero-order valence-corrected chi connectivity index (χ0v) is 15.0. The van der Waals surface area contributed by atoms with E-state index in [1.54, 1.807) is 21.9 Å². The minimum atomic E-state index is -2.98. The maximum absolute atomic E-state index is 12.6. The summed E-state index contributed by atoms with van der Waals surface area (Å²) in [6.45, 7) is 0.259. The van der Waals surface area contributed by atoms with Crippen molar-refractivity contribution in [3.05, 3.63) is 29.8 Å². The van der Waals surface area contributed by atoms with E-state index in [0.717, 1.165) is 13.0 Å². The molecule has 2 aliphatic rings. The first-order valence-electron chi connectivity index (χ1n) is 8.39. The van der Waals surface area contributed by atoms with Crippen LogP contribution in [-0.4, -0.2) is 67.5 Å². The maximum atomic E-state index is 12.6. The maximum Gasteiger partial charge on any atom is 0.387 e. The molecule has 2 amide bonds. The number of alkyl halides is 2. The minimum Gasteiger partial charge on any atom is -0.434 e. The van der Waals surface area contributed by atoms with Gasteiger partial charge in [0.05, 0.1) is 11.5 Å². The standard InChI is InChI=1S/C17H21F2N3O3.ClH/c18-17(19)25-14-4-2-1-3-13(14)16(24)22-9-7-21(8-10-22)15(23)12-5-6-20-11-12;/h1-4,12,17,20H,5-11H2;1H. The third-order valence-corrected chi connectivity index (χ3v) is 4.62. The van der Waals surface area contributed by atoms with Crippen LogP contribution in [0.15, 0.2) is 24.3 Å². The number of carbonyl (C=O) groups excluding carboxylic acids is 2. The lowest BCUT2D eigenvalue weighted by atomic mass is 10.1. The molecule has 9 heteroatoms. The van der Waals surface area contributed by atoms with Crippen LogP contribution in [0.5, 0.6) is 5.75 Å². The molecule has 2 heterocycles. The molecule has 1 N–H and O–H groups in total. The molecule has 2 aliphatic heterocycles. The van der Waals surface area contributed by atoms with Crippen molar-refractivity contribution in [2.24, 2.45) is 5.92 Å². The van der Waals surface area contributed by atoms with Crippen molar-refractivity contribution in [1.29, 1.82) is 0 Å². The Balaban J connectivity index is 0.00000243. The normalized spacial score (nSPS) is 20.0. The molecule has 0 bridgehead atoms. The molecular formula is C17H22ClF2N3O3. The monoisotopic (exact) mass is 389 g/mol. The molecule has 1 aromatic rings. The quantitative estimate of drug-likeness (QED) is 0.849. The molecule has 1 atom stereocenters. The average Bonchev–Trinajstić information content (AvgIpc) is 3.15. The summed E-state index contributed by atoms with van der Waals surface area (Å²) in [5.41, 5.74) is 0.113. The van der Waals surface area contributed by atoms with Crippen LogP contribution in [0.4, 0.5) is 8.78 Å². The van der Waals surface area contributed by atoms with E-state index in [-0.39, 0.29) is 41.5 Å². The lowest BCUT2D eigenvalue weighted by Gasteiger charge is -2.36. The number of halogens is 3. The molecule has 0 saturated carbocycles. The van der Waals surface area contributed by atoms with Crippen LogP contribution in [0.2, 0.25) is 0 Å². The highest BCUT2D eigenvalue weighted by atomic mass is 35.5. The summed E-state index contributed by atoms with van der Waals surface area (Å²) >= 11 is 0. The lowest BCUT2D eigenvalue weighted by molar-refractivity contribution is -0.136. The van der Waals surface area contributed by atoms with Crippen LogP contribution in [0, 0.1) is 5.92 Å². The number of amides is 2. The third-order valence-electron chi connectivity index (χ3n) is 4.62. The van der Waals surface area contributed by atoms with Gasteiger partial charge in [-0.3, -0.25) is 9.59 Å². The summed E-state index contributed by atoms with van der Waals surface area (Å²) in [7, 11) is 0. The van der Waals surface area contributed by atoms with E-state index in [9.17, 15) is 18.4 Å². The van der Waals surface area contributed by atoms with Gasteiger partial charge in [0.25, 0.3) is 5.91 Å². The van der Waals surface area contributed by atoms with Gasteiger partial charge in [-0.1, -0.05) is 12.1 Å². The van der Waals surface area contributed by atoms with E-state index < -0.39 is 6.61 Å². The van der Waals surface area contributed by atoms with Crippen LogP contribution < -0.4 is 10.1 Å². The van der Waals surface area contributed by atoms with Gasteiger partial charge in [0.15, 0.2) is 0 Å². The Kier molecular flexibility index (Phi) is 7.16. The Morgan fingerprint density at radius 2 is 1.77 bits per heavy atom. The molecule has 3 rings (SSSR count). The number of para-hydroxylation sites is 1. The summed E-state index contributed by atoms with van der Waals surface area (Å²) in [6.07, 6.45) is 0.844. The Morgan fingerprint density at radius 3 is 2.38 bits per heavy atom. The predicted molar refractivity (Wildman–Crippen MR) is 93.8 cm³/mol. The van der Waals surface area contributed by atoms with Crippen LogP contribution >= 0.6 is 12.4 Å². The van der Waals surface area contributed by atoms with Crippen molar-refractivity contribution in [2.75, 3.05) is 39.3 Å². The molecule has 144 valence electrons. The van der Waals surface area contributed by atoms with E-state index >= 15 is 0 Å². The van der Waals surface area contributed by atoms with Crippen molar-refractivity contribution in [1.82, 2.24) is 15.1 Å². The van der Waals surface area contributed by atoms with Gasteiger partial charge in [0.1, 0.15) is 5.75 Å². The fourth-order valence-corrected chi connectivity index (χ4v) is 3.27. The Morgan fingerprint density at radius 1 is 1.12 bits per heavy atom. The molecule has 2 fully saturated rings. The zero-order valence-electron chi connectivity index (χ0n) is 14.2. The number of nitrogens with zero attached hydrogens (tertiary/aromatic N) is 2. The smallest absolute Gasteiger partial charge is 0.387 e. The summed E-state index contributed by atoms with van der Waals surface area (Å²) in [5, 5.41) is 3.18.